The van der Waals surface area contributed by atoms with Crippen LogP contribution in [0, 0.1) is 0 Å². The Bertz CT molecular complexity index is 995. The van der Waals surface area contributed by atoms with Crippen molar-refractivity contribution in [2.24, 2.45) is 0 Å². The number of piperazine rings is 1. The summed E-state index contributed by atoms with van der Waals surface area (Å²) in [6, 6.07) is 12.4. The lowest BCUT2D eigenvalue weighted by Gasteiger charge is -2.36. The van der Waals surface area contributed by atoms with E-state index in [9.17, 15) is 4.79 Å². The molecule has 0 aliphatic carbocycles. The maximum atomic E-state index is 13.0. The van der Waals surface area contributed by atoms with Crippen molar-refractivity contribution in [2.75, 3.05) is 44.2 Å². The predicted molar refractivity (Wildman–Crippen MR) is 117 cm³/mol. The molecule has 30 heavy (non-hydrogen) atoms. The fourth-order valence-corrected chi connectivity index (χ4v) is 4.84. The molecule has 0 saturated carbocycles. The number of urea groups is 1. The normalized spacial score (nSPS) is 16.8. The molecule has 1 aromatic carbocycles. The van der Waals surface area contributed by atoms with Gasteiger partial charge in [-0.25, -0.2) is 4.79 Å². The number of hydrogen-bond donors (Lipinski definition) is 0. The van der Waals surface area contributed by atoms with Crippen LogP contribution in [0.15, 0.2) is 46.3 Å². The summed E-state index contributed by atoms with van der Waals surface area (Å²) in [7, 11) is 0. The van der Waals surface area contributed by atoms with Crippen LogP contribution >= 0.6 is 11.3 Å². The maximum absolute atomic E-state index is 13.0. The number of fused-ring (bicyclic) bond motifs is 1. The van der Waals surface area contributed by atoms with Gasteiger partial charge in [0.25, 0.3) is 0 Å². The van der Waals surface area contributed by atoms with E-state index in [0.717, 1.165) is 69.1 Å². The Morgan fingerprint density at radius 2 is 1.93 bits per heavy atom. The molecule has 0 radical (unpaired) electrons. The average Bonchev–Trinajstić information content (AvgIpc) is 3.54. The highest BCUT2D eigenvalue weighted by Crippen LogP contribution is 2.28. The van der Waals surface area contributed by atoms with Gasteiger partial charge < -0.3 is 9.42 Å². The number of aryl methyl sites for hydroxylation is 1. The molecule has 0 spiro atoms. The molecule has 2 amide bonds. The molecule has 7 nitrogen and oxygen atoms in total. The molecular weight excluding hydrogens is 398 g/mol. The molecule has 3 aromatic rings. The van der Waals surface area contributed by atoms with E-state index in [1.807, 2.05) is 39.4 Å². The standard InChI is InChI=1S/C22H25N5O2S/c28-22(27-11-9-17-5-1-2-6-18(17)27)26-14-12-25(13-15-26)10-3-8-20-23-21(24-29-20)19-7-4-16-30-19/h1-2,4-7,16H,3,8-15H2. The zero-order valence-corrected chi connectivity index (χ0v) is 17.7. The van der Waals surface area contributed by atoms with Crippen molar-refractivity contribution in [3.05, 3.63) is 53.2 Å². The van der Waals surface area contributed by atoms with Gasteiger partial charge in [-0.1, -0.05) is 29.4 Å². The van der Waals surface area contributed by atoms with Crippen molar-refractivity contribution in [1.29, 1.82) is 0 Å². The third-order valence-electron chi connectivity index (χ3n) is 5.84. The smallest absolute Gasteiger partial charge is 0.324 e. The van der Waals surface area contributed by atoms with Gasteiger partial charge >= 0.3 is 6.03 Å². The van der Waals surface area contributed by atoms with Crippen LogP contribution in [0.3, 0.4) is 0 Å². The van der Waals surface area contributed by atoms with Crippen LogP contribution in [-0.2, 0) is 12.8 Å². The quantitative estimate of drug-likeness (QED) is 0.628. The molecule has 156 valence electrons. The molecule has 2 aliphatic rings. The third kappa shape index (κ3) is 3.97. The Balaban J connectivity index is 1.07. The van der Waals surface area contributed by atoms with E-state index in [0.29, 0.717) is 11.7 Å². The Labute approximate surface area is 179 Å². The Kier molecular flexibility index (Phi) is 5.50. The van der Waals surface area contributed by atoms with Crippen molar-refractivity contribution < 1.29 is 9.32 Å². The molecule has 2 aliphatic heterocycles. The van der Waals surface area contributed by atoms with E-state index in [1.165, 1.54) is 5.56 Å². The van der Waals surface area contributed by atoms with Crippen molar-refractivity contribution in [2.45, 2.75) is 19.3 Å². The molecular formula is C22H25N5O2S. The molecule has 5 rings (SSSR count). The van der Waals surface area contributed by atoms with E-state index in [1.54, 1.807) is 11.3 Å². The summed E-state index contributed by atoms with van der Waals surface area (Å²) in [5.74, 6) is 1.37. The Morgan fingerprint density at radius 3 is 2.77 bits per heavy atom. The molecule has 2 aromatic heterocycles. The summed E-state index contributed by atoms with van der Waals surface area (Å²) in [4.78, 5) is 24.8. The average molecular weight is 424 g/mol. The largest absolute Gasteiger partial charge is 0.339 e. The van der Waals surface area contributed by atoms with Crippen molar-refractivity contribution in [3.63, 3.8) is 0 Å². The second-order valence-corrected chi connectivity index (χ2v) is 8.68. The number of thiophene rings is 1. The SMILES string of the molecule is O=C(N1CCN(CCCc2nc(-c3cccs3)no2)CC1)N1CCc2ccccc21. The minimum absolute atomic E-state index is 0.145. The molecule has 0 unspecified atom stereocenters. The number of para-hydroxylation sites is 1. The van der Waals surface area contributed by atoms with Crippen LogP contribution < -0.4 is 4.90 Å². The van der Waals surface area contributed by atoms with Gasteiger partial charge in [-0.05, 0) is 42.5 Å². The molecule has 0 atom stereocenters. The molecule has 0 bridgehead atoms. The lowest BCUT2D eigenvalue weighted by molar-refractivity contribution is 0.142. The summed E-state index contributed by atoms with van der Waals surface area (Å²) in [5.41, 5.74) is 2.35. The number of amides is 2. The zero-order valence-electron chi connectivity index (χ0n) is 16.9. The molecule has 4 heterocycles. The highest BCUT2D eigenvalue weighted by molar-refractivity contribution is 7.13. The van der Waals surface area contributed by atoms with Crippen LogP contribution in [0.25, 0.3) is 10.7 Å². The van der Waals surface area contributed by atoms with E-state index in [4.69, 9.17) is 4.52 Å². The Morgan fingerprint density at radius 1 is 1.07 bits per heavy atom. The van der Waals surface area contributed by atoms with E-state index >= 15 is 0 Å². The number of hydrogen-bond acceptors (Lipinski definition) is 6. The monoisotopic (exact) mass is 423 g/mol. The highest BCUT2D eigenvalue weighted by atomic mass is 32.1. The number of anilines is 1. The number of carbonyl (C=O) groups is 1. The van der Waals surface area contributed by atoms with Gasteiger partial charge in [0.2, 0.25) is 11.7 Å². The predicted octanol–water partition coefficient (Wildman–Crippen LogP) is 3.53. The van der Waals surface area contributed by atoms with Gasteiger partial charge in [-0.2, -0.15) is 4.98 Å². The molecule has 1 fully saturated rings. The molecule has 0 N–H and O–H groups in total. The van der Waals surface area contributed by atoms with Gasteiger partial charge in [-0.15, -0.1) is 11.3 Å². The van der Waals surface area contributed by atoms with Crippen LogP contribution in [0.1, 0.15) is 17.9 Å². The number of aromatic nitrogens is 2. The summed E-state index contributed by atoms with van der Waals surface area (Å²) in [5, 5.41) is 6.08. The second kappa shape index (κ2) is 8.57. The first-order valence-electron chi connectivity index (χ1n) is 10.5. The highest BCUT2D eigenvalue weighted by Gasteiger charge is 2.30. The first-order chi connectivity index (χ1) is 14.8. The van der Waals surface area contributed by atoms with Crippen LogP contribution in [-0.4, -0.2) is 65.2 Å². The maximum Gasteiger partial charge on any atom is 0.324 e. The number of rotatable bonds is 5. The lowest BCUT2D eigenvalue weighted by atomic mass is 10.2. The van der Waals surface area contributed by atoms with Gasteiger partial charge in [0.1, 0.15) is 0 Å². The zero-order chi connectivity index (χ0) is 20.3. The minimum atomic E-state index is 0.145. The van der Waals surface area contributed by atoms with Crippen LogP contribution in [0.5, 0.6) is 0 Å². The lowest BCUT2D eigenvalue weighted by Crippen LogP contribution is -2.52. The second-order valence-electron chi connectivity index (χ2n) is 7.73. The van der Waals surface area contributed by atoms with Gasteiger partial charge in [0.15, 0.2) is 0 Å². The topological polar surface area (TPSA) is 65.7 Å². The van der Waals surface area contributed by atoms with Crippen molar-refractivity contribution in [3.8, 4) is 10.7 Å². The van der Waals surface area contributed by atoms with Crippen LogP contribution in [0.4, 0.5) is 10.5 Å². The van der Waals surface area contributed by atoms with E-state index < -0.39 is 0 Å². The van der Waals surface area contributed by atoms with Gasteiger partial charge in [-0.3, -0.25) is 9.80 Å². The number of nitrogens with zero attached hydrogens (tertiary/aromatic N) is 5. The summed E-state index contributed by atoms with van der Waals surface area (Å²) in [6.07, 6.45) is 2.70. The van der Waals surface area contributed by atoms with Crippen molar-refractivity contribution >= 4 is 23.1 Å². The first kappa shape index (κ1) is 19.3. The van der Waals surface area contributed by atoms with Crippen molar-refractivity contribution in [1.82, 2.24) is 19.9 Å². The molecule has 1 saturated heterocycles. The van der Waals surface area contributed by atoms with Gasteiger partial charge in [0.05, 0.1) is 4.88 Å². The summed E-state index contributed by atoms with van der Waals surface area (Å²) >= 11 is 1.61. The number of benzene rings is 1. The first-order valence-corrected chi connectivity index (χ1v) is 11.4. The fraction of sp³-hybridized carbons (Fsp3) is 0.409. The van der Waals surface area contributed by atoms with E-state index in [-0.39, 0.29) is 6.03 Å². The third-order valence-corrected chi connectivity index (χ3v) is 6.70. The van der Waals surface area contributed by atoms with Gasteiger partial charge in [0, 0.05) is 44.8 Å². The summed E-state index contributed by atoms with van der Waals surface area (Å²) < 4.78 is 5.38. The summed E-state index contributed by atoms with van der Waals surface area (Å²) in [6.45, 7) is 5.14. The molecule has 8 heteroatoms. The Hall–Kier alpha value is -2.71. The van der Waals surface area contributed by atoms with E-state index in [2.05, 4.69) is 27.2 Å². The number of carbonyl (C=O) groups excluding carboxylic acids is 1. The minimum Gasteiger partial charge on any atom is -0.339 e. The van der Waals surface area contributed by atoms with Crippen LogP contribution in [0.2, 0.25) is 0 Å². The fourth-order valence-electron chi connectivity index (χ4n) is 4.19.